The Balaban J connectivity index is 2.74. The molecule has 2 atom stereocenters. The molecule has 112 valence electrons. The van der Waals surface area contributed by atoms with Crippen molar-refractivity contribution in [1.82, 2.24) is 11.0 Å². The normalized spacial score (nSPS) is 21.8. The van der Waals surface area contributed by atoms with E-state index in [-0.39, 0.29) is 6.17 Å². The Morgan fingerprint density at radius 3 is 2.40 bits per heavy atom. The average molecular weight is 276 g/mol. The van der Waals surface area contributed by atoms with Crippen LogP contribution in [-0.4, -0.2) is 6.17 Å². The Morgan fingerprint density at radius 1 is 1.20 bits per heavy atom. The summed E-state index contributed by atoms with van der Waals surface area (Å²) in [6.07, 6.45) is 10.9. The van der Waals surface area contributed by atoms with Gasteiger partial charge in [-0.15, -0.1) is 5.11 Å². The smallest absolute Gasteiger partial charge is 0.141 e. The van der Waals surface area contributed by atoms with Crippen LogP contribution < -0.4 is 11.0 Å². The molecule has 0 saturated carbocycles. The quantitative estimate of drug-likeness (QED) is 0.681. The zero-order valence-corrected chi connectivity index (χ0v) is 13.4. The lowest BCUT2D eigenvalue weighted by atomic mass is 9.83. The molecule has 0 aromatic carbocycles. The second-order valence-electron chi connectivity index (χ2n) is 5.49. The van der Waals surface area contributed by atoms with Gasteiger partial charge in [-0.25, -0.2) is 5.53 Å². The summed E-state index contributed by atoms with van der Waals surface area (Å²) in [5, 5.41) is 7.93. The minimum Gasteiger partial charge on any atom is -0.222 e. The zero-order valence-electron chi connectivity index (χ0n) is 13.4. The van der Waals surface area contributed by atoms with Gasteiger partial charge in [0, 0.05) is 0 Å². The number of hydrazine groups is 1. The van der Waals surface area contributed by atoms with Crippen molar-refractivity contribution in [2.75, 3.05) is 0 Å². The molecule has 2 N–H and O–H groups in total. The van der Waals surface area contributed by atoms with E-state index < -0.39 is 0 Å². The van der Waals surface area contributed by atoms with Gasteiger partial charge in [-0.1, -0.05) is 43.4 Å². The molecule has 4 nitrogen and oxygen atoms in total. The predicted molar refractivity (Wildman–Crippen MR) is 84.8 cm³/mol. The fourth-order valence-corrected chi connectivity index (χ4v) is 2.47. The molecule has 2 unspecified atom stereocenters. The molecule has 0 aromatic heterocycles. The molecule has 1 heterocycles. The van der Waals surface area contributed by atoms with E-state index in [9.17, 15) is 0 Å². The van der Waals surface area contributed by atoms with Crippen LogP contribution in [0, 0.1) is 11.8 Å². The minimum atomic E-state index is 0.0938. The lowest BCUT2D eigenvalue weighted by molar-refractivity contribution is 0.313. The van der Waals surface area contributed by atoms with Crippen LogP contribution in [0.1, 0.15) is 47.5 Å². The Kier molecular flexibility index (Phi) is 7.23. The number of rotatable bonds is 7. The van der Waals surface area contributed by atoms with E-state index in [1.807, 2.05) is 0 Å². The Morgan fingerprint density at radius 2 is 1.95 bits per heavy atom. The second kappa shape index (κ2) is 8.69. The zero-order chi connectivity index (χ0) is 15.0. The van der Waals surface area contributed by atoms with Crippen molar-refractivity contribution >= 4 is 0 Å². The van der Waals surface area contributed by atoms with Gasteiger partial charge in [-0.2, -0.15) is 5.43 Å². The molecule has 0 aliphatic carbocycles. The molecule has 0 radical (unpaired) electrons. The maximum absolute atomic E-state index is 4.15. The molecule has 1 rings (SSSR count). The first-order valence-electron chi connectivity index (χ1n) is 7.47. The van der Waals surface area contributed by atoms with Crippen LogP contribution in [0.15, 0.2) is 45.8 Å². The first-order chi connectivity index (χ1) is 9.62. The summed E-state index contributed by atoms with van der Waals surface area (Å²) in [6, 6.07) is 0. The van der Waals surface area contributed by atoms with Crippen LogP contribution in [0.2, 0.25) is 0 Å². The summed E-state index contributed by atoms with van der Waals surface area (Å²) in [5.74, 6) is 1.20. The lowest BCUT2D eigenvalue weighted by Gasteiger charge is -2.24. The number of hydrogen-bond donors (Lipinski definition) is 2. The summed E-state index contributed by atoms with van der Waals surface area (Å²) in [5.41, 5.74) is 8.51. The van der Waals surface area contributed by atoms with Gasteiger partial charge in [-0.3, -0.25) is 0 Å². The van der Waals surface area contributed by atoms with Crippen LogP contribution in [0.25, 0.3) is 0 Å². The van der Waals surface area contributed by atoms with E-state index in [0.29, 0.717) is 11.8 Å². The van der Waals surface area contributed by atoms with Gasteiger partial charge in [0.25, 0.3) is 0 Å². The predicted octanol–water partition coefficient (Wildman–Crippen LogP) is 4.31. The molecule has 1 aliphatic rings. The van der Waals surface area contributed by atoms with E-state index >= 15 is 0 Å². The lowest BCUT2D eigenvalue weighted by Crippen LogP contribution is -2.32. The van der Waals surface area contributed by atoms with Gasteiger partial charge < -0.3 is 0 Å². The van der Waals surface area contributed by atoms with Gasteiger partial charge >= 0.3 is 0 Å². The van der Waals surface area contributed by atoms with Crippen molar-refractivity contribution in [2.24, 2.45) is 22.2 Å². The summed E-state index contributed by atoms with van der Waals surface area (Å²) in [6.45, 7) is 10.8. The van der Waals surface area contributed by atoms with Crippen LogP contribution in [0.3, 0.4) is 0 Å². The first kappa shape index (κ1) is 16.6. The third-order valence-electron chi connectivity index (χ3n) is 3.81. The molecule has 20 heavy (non-hydrogen) atoms. The average Bonchev–Trinajstić information content (AvgIpc) is 2.94. The molecular formula is C16H28N4. The van der Waals surface area contributed by atoms with Gasteiger partial charge in [0.1, 0.15) is 6.17 Å². The van der Waals surface area contributed by atoms with Crippen LogP contribution in [0.5, 0.6) is 0 Å². The Hall–Kier alpha value is -1.42. The van der Waals surface area contributed by atoms with E-state index in [1.165, 1.54) is 11.1 Å². The third-order valence-corrected chi connectivity index (χ3v) is 3.81. The highest BCUT2D eigenvalue weighted by Gasteiger charge is 2.22. The van der Waals surface area contributed by atoms with Crippen LogP contribution in [-0.2, 0) is 0 Å². The van der Waals surface area contributed by atoms with E-state index in [0.717, 1.165) is 12.8 Å². The molecule has 0 fully saturated rings. The Bertz CT molecular complexity index is 405. The third kappa shape index (κ3) is 4.93. The largest absolute Gasteiger partial charge is 0.222 e. The fraction of sp³-hybridized carbons (Fsp3) is 0.625. The summed E-state index contributed by atoms with van der Waals surface area (Å²) < 4.78 is 0. The summed E-state index contributed by atoms with van der Waals surface area (Å²) in [7, 11) is 0. The van der Waals surface area contributed by atoms with Gasteiger partial charge in [0.05, 0.1) is 0 Å². The highest BCUT2D eigenvalue weighted by Crippen LogP contribution is 2.29. The number of nitrogens with one attached hydrogen (secondary N) is 2. The van der Waals surface area contributed by atoms with Crippen LogP contribution in [0.4, 0.5) is 0 Å². The van der Waals surface area contributed by atoms with Crippen molar-refractivity contribution < 1.29 is 0 Å². The van der Waals surface area contributed by atoms with E-state index in [2.05, 4.69) is 80.2 Å². The van der Waals surface area contributed by atoms with Crippen molar-refractivity contribution in [3.8, 4) is 0 Å². The maximum Gasteiger partial charge on any atom is 0.141 e. The molecule has 0 aromatic rings. The summed E-state index contributed by atoms with van der Waals surface area (Å²) >= 11 is 0. The van der Waals surface area contributed by atoms with Gasteiger partial charge in [-0.05, 0) is 56.6 Å². The highest BCUT2D eigenvalue weighted by atomic mass is 15.7. The molecule has 0 saturated heterocycles. The van der Waals surface area contributed by atoms with Crippen molar-refractivity contribution in [3.05, 3.63) is 35.5 Å². The molecule has 0 spiro atoms. The fourth-order valence-electron chi connectivity index (χ4n) is 2.47. The van der Waals surface area contributed by atoms with E-state index in [4.69, 9.17) is 0 Å². The van der Waals surface area contributed by atoms with Crippen LogP contribution >= 0.6 is 0 Å². The molecule has 4 heteroatoms. The van der Waals surface area contributed by atoms with E-state index in [1.54, 1.807) is 0 Å². The Labute approximate surface area is 123 Å². The van der Waals surface area contributed by atoms with Crippen molar-refractivity contribution in [3.63, 3.8) is 0 Å². The maximum atomic E-state index is 4.15. The molecule has 0 bridgehead atoms. The molecular weight excluding hydrogens is 248 g/mol. The van der Waals surface area contributed by atoms with Crippen molar-refractivity contribution in [2.45, 2.75) is 53.6 Å². The monoisotopic (exact) mass is 276 g/mol. The minimum absolute atomic E-state index is 0.0938. The topological polar surface area (TPSA) is 48.8 Å². The van der Waals surface area contributed by atoms with Gasteiger partial charge in [0.15, 0.2) is 0 Å². The first-order valence-corrected chi connectivity index (χ1v) is 7.47. The van der Waals surface area contributed by atoms with Gasteiger partial charge in [0.2, 0.25) is 0 Å². The van der Waals surface area contributed by atoms with Crippen molar-refractivity contribution in [1.29, 1.82) is 0 Å². The SMILES string of the molecule is C\C=C/C(=C\C)C(=C/C)/CC(CC1N=NNN1)C(C)C. The highest BCUT2D eigenvalue weighted by molar-refractivity contribution is 5.39. The number of allylic oxidation sites excluding steroid dienone is 6. The second-order valence-corrected chi connectivity index (χ2v) is 5.49. The molecule has 1 aliphatic heterocycles. The standard InChI is InChI=1S/C16H28N4/c1-6-9-13(7-2)14(8-3)10-15(12(4)5)11-16-17-19-20-18-16/h6-9,12,15-16H,10-11H2,1-5H3,(H,17,20)(H,18,19)/b9-6-,13-7+,14-8+. The number of hydrogen-bond acceptors (Lipinski definition) is 4. The molecule has 0 amide bonds. The number of nitrogens with zero attached hydrogens (tertiary/aromatic N) is 2. The summed E-state index contributed by atoms with van der Waals surface area (Å²) in [4.78, 5) is 0.